The van der Waals surface area contributed by atoms with E-state index >= 15 is 0 Å². The number of carbonyl (C=O) groups is 2. The van der Waals surface area contributed by atoms with E-state index < -0.39 is 22.8 Å². The fourth-order valence-corrected chi connectivity index (χ4v) is 2.26. The Morgan fingerprint density at radius 2 is 2.19 bits per heavy atom. The van der Waals surface area contributed by atoms with Gasteiger partial charge in [0, 0.05) is 30.9 Å². The predicted octanol–water partition coefficient (Wildman–Crippen LogP) is 1.92. The molecule has 8 heteroatoms. The number of anilines is 1. The summed E-state index contributed by atoms with van der Waals surface area (Å²) >= 11 is 0. The van der Waals surface area contributed by atoms with E-state index in [-0.39, 0.29) is 12.2 Å². The van der Waals surface area contributed by atoms with Crippen molar-refractivity contribution in [2.24, 2.45) is 5.92 Å². The molecule has 2 rings (SSSR count). The van der Waals surface area contributed by atoms with Gasteiger partial charge in [-0.2, -0.15) is 0 Å². The quantitative estimate of drug-likeness (QED) is 0.653. The molecule has 1 atom stereocenters. The molecule has 1 saturated heterocycles. The van der Waals surface area contributed by atoms with Gasteiger partial charge >= 0.3 is 12.0 Å². The molecule has 2 N–H and O–H groups in total. The van der Waals surface area contributed by atoms with E-state index in [0.717, 1.165) is 0 Å². The molecular weight excluding hydrogens is 278 g/mol. The zero-order chi connectivity index (χ0) is 15.4. The van der Waals surface area contributed by atoms with Gasteiger partial charge in [-0.1, -0.05) is 6.07 Å². The van der Waals surface area contributed by atoms with Crippen molar-refractivity contribution in [3.05, 3.63) is 34.4 Å². The number of benzene rings is 1. The number of rotatable bonds is 3. The number of carbonyl (C=O) groups excluding carboxylic acids is 1. The van der Waals surface area contributed by atoms with Crippen LogP contribution in [0.1, 0.15) is 12.8 Å². The minimum absolute atomic E-state index is 0.116. The molecule has 0 aromatic heterocycles. The largest absolute Gasteiger partial charge is 0.481 e. The molecule has 1 aliphatic rings. The van der Waals surface area contributed by atoms with Crippen molar-refractivity contribution in [3.63, 3.8) is 0 Å². The molecule has 2 amide bonds. The van der Waals surface area contributed by atoms with Gasteiger partial charge in [-0.15, -0.1) is 0 Å². The molecule has 1 heterocycles. The summed E-state index contributed by atoms with van der Waals surface area (Å²) in [6.45, 7) is 0.626. The van der Waals surface area contributed by atoms with Crippen molar-refractivity contribution in [2.75, 3.05) is 18.4 Å². The molecule has 1 fully saturated rings. The number of non-ortho nitro benzene ring substituents is 1. The lowest BCUT2D eigenvalue weighted by molar-refractivity contribution is -0.384. The van der Waals surface area contributed by atoms with Gasteiger partial charge in [-0.05, 0) is 18.9 Å². The third-order valence-corrected chi connectivity index (χ3v) is 3.37. The van der Waals surface area contributed by atoms with Crippen molar-refractivity contribution < 1.29 is 19.6 Å². The monoisotopic (exact) mass is 293 g/mol. The Morgan fingerprint density at radius 3 is 2.86 bits per heavy atom. The first-order valence-corrected chi connectivity index (χ1v) is 6.50. The average molecular weight is 293 g/mol. The molecule has 21 heavy (non-hydrogen) atoms. The van der Waals surface area contributed by atoms with Crippen molar-refractivity contribution in [2.45, 2.75) is 12.8 Å². The summed E-state index contributed by atoms with van der Waals surface area (Å²) in [6.07, 6.45) is 1.18. The molecule has 112 valence electrons. The maximum absolute atomic E-state index is 12.1. The SMILES string of the molecule is O=C(O)[C@@H]1CCCN(C(=O)Nc2cccc([N+](=O)[O-])c2)C1. The number of urea groups is 1. The van der Waals surface area contributed by atoms with Crippen molar-refractivity contribution in [3.8, 4) is 0 Å². The molecule has 8 nitrogen and oxygen atoms in total. The number of likely N-dealkylation sites (tertiary alicyclic amines) is 1. The van der Waals surface area contributed by atoms with Crippen LogP contribution in [0.15, 0.2) is 24.3 Å². The number of carboxylic acids is 1. The van der Waals surface area contributed by atoms with Crippen LogP contribution in [0.5, 0.6) is 0 Å². The molecule has 0 unspecified atom stereocenters. The standard InChI is InChI=1S/C13H15N3O5/c17-12(18)9-3-2-6-15(8-9)13(19)14-10-4-1-5-11(7-10)16(20)21/h1,4-5,7,9H,2-3,6,8H2,(H,14,19)(H,17,18)/t9-/m1/s1. The van der Waals surface area contributed by atoms with E-state index in [1.165, 1.54) is 23.1 Å². The highest BCUT2D eigenvalue weighted by Crippen LogP contribution is 2.20. The van der Waals surface area contributed by atoms with E-state index in [1.807, 2.05) is 0 Å². The molecule has 0 bridgehead atoms. The molecule has 1 aromatic rings. The smallest absolute Gasteiger partial charge is 0.321 e. The van der Waals surface area contributed by atoms with Crippen LogP contribution in [0, 0.1) is 16.0 Å². The summed E-state index contributed by atoms with van der Waals surface area (Å²) < 4.78 is 0. The number of hydrogen-bond donors (Lipinski definition) is 2. The maximum atomic E-state index is 12.1. The summed E-state index contributed by atoms with van der Waals surface area (Å²) in [5.74, 6) is -1.47. The first-order chi connectivity index (χ1) is 9.97. The highest BCUT2D eigenvalue weighted by molar-refractivity contribution is 5.90. The number of amides is 2. The van der Waals surface area contributed by atoms with Gasteiger partial charge in [0.05, 0.1) is 10.8 Å². The van der Waals surface area contributed by atoms with Gasteiger partial charge < -0.3 is 15.3 Å². The molecule has 1 aliphatic heterocycles. The van der Waals surface area contributed by atoms with Crippen LogP contribution in [0.2, 0.25) is 0 Å². The Bertz CT molecular complexity index is 575. The fraction of sp³-hybridized carbons (Fsp3) is 0.385. The number of nitro groups is 1. The molecule has 0 saturated carbocycles. The summed E-state index contributed by atoms with van der Waals surface area (Å²) in [5, 5.41) is 22.2. The maximum Gasteiger partial charge on any atom is 0.321 e. The van der Waals surface area contributed by atoms with E-state index in [9.17, 15) is 19.7 Å². The average Bonchev–Trinajstić information content (AvgIpc) is 2.47. The minimum Gasteiger partial charge on any atom is -0.481 e. The lowest BCUT2D eigenvalue weighted by atomic mass is 9.99. The van der Waals surface area contributed by atoms with Gasteiger partial charge in [0.1, 0.15) is 0 Å². The van der Waals surface area contributed by atoms with Crippen molar-refractivity contribution in [1.29, 1.82) is 0 Å². The van der Waals surface area contributed by atoms with Crippen molar-refractivity contribution >= 4 is 23.4 Å². The van der Waals surface area contributed by atoms with Crippen LogP contribution in [0.25, 0.3) is 0 Å². The Hall–Kier alpha value is -2.64. The van der Waals surface area contributed by atoms with Crippen LogP contribution < -0.4 is 5.32 Å². The highest BCUT2D eigenvalue weighted by Gasteiger charge is 2.28. The Morgan fingerprint density at radius 1 is 1.43 bits per heavy atom. The summed E-state index contributed by atoms with van der Waals surface area (Å²) in [5.41, 5.74) is 0.196. The lowest BCUT2D eigenvalue weighted by Gasteiger charge is -2.30. The number of nitrogens with zero attached hydrogens (tertiary/aromatic N) is 2. The fourth-order valence-electron chi connectivity index (χ4n) is 2.26. The van der Waals surface area contributed by atoms with E-state index in [1.54, 1.807) is 6.07 Å². The molecular formula is C13H15N3O5. The normalized spacial score (nSPS) is 18.1. The molecule has 0 radical (unpaired) electrons. The second-order valence-corrected chi connectivity index (χ2v) is 4.86. The van der Waals surface area contributed by atoms with Crippen molar-refractivity contribution in [1.82, 2.24) is 4.90 Å². The minimum atomic E-state index is -0.914. The Balaban J connectivity index is 2.02. The molecule has 0 aliphatic carbocycles. The van der Waals surface area contributed by atoms with E-state index in [4.69, 9.17) is 5.11 Å². The van der Waals surface area contributed by atoms with Crippen LogP contribution in [-0.4, -0.2) is 40.0 Å². The molecule has 1 aromatic carbocycles. The number of carboxylic acid groups (broad SMARTS) is 1. The van der Waals surface area contributed by atoms with E-state index in [0.29, 0.717) is 25.1 Å². The summed E-state index contributed by atoms with van der Waals surface area (Å²) in [7, 11) is 0. The Kier molecular flexibility index (Phi) is 4.36. The third kappa shape index (κ3) is 3.68. The molecule has 0 spiro atoms. The summed E-state index contributed by atoms with van der Waals surface area (Å²) in [6, 6.07) is 5.17. The van der Waals surface area contributed by atoms with Crippen LogP contribution in [-0.2, 0) is 4.79 Å². The van der Waals surface area contributed by atoms with Gasteiger partial charge in [0.15, 0.2) is 0 Å². The first-order valence-electron chi connectivity index (χ1n) is 6.50. The van der Waals surface area contributed by atoms with E-state index in [2.05, 4.69) is 5.32 Å². The number of hydrogen-bond acceptors (Lipinski definition) is 4. The number of piperidine rings is 1. The lowest BCUT2D eigenvalue weighted by Crippen LogP contribution is -2.44. The second kappa shape index (κ2) is 6.21. The van der Waals surface area contributed by atoms with Crippen LogP contribution >= 0.6 is 0 Å². The van der Waals surface area contributed by atoms with Gasteiger partial charge in [-0.25, -0.2) is 4.79 Å². The van der Waals surface area contributed by atoms with Crippen LogP contribution in [0.3, 0.4) is 0 Å². The third-order valence-electron chi connectivity index (χ3n) is 3.37. The first kappa shape index (κ1) is 14.8. The van der Waals surface area contributed by atoms with Gasteiger partial charge in [0.25, 0.3) is 5.69 Å². The van der Waals surface area contributed by atoms with Gasteiger partial charge in [0.2, 0.25) is 0 Å². The van der Waals surface area contributed by atoms with Crippen LogP contribution in [0.4, 0.5) is 16.2 Å². The predicted molar refractivity (Wildman–Crippen MR) is 74.0 cm³/mol. The number of aliphatic carboxylic acids is 1. The highest BCUT2D eigenvalue weighted by atomic mass is 16.6. The number of nitrogens with one attached hydrogen (secondary N) is 1. The number of nitro benzene ring substituents is 1. The zero-order valence-corrected chi connectivity index (χ0v) is 11.2. The zero-order valence-electron chi connectivity index (χ0n) is 11.2. The summed E-state index contributed by atoms with van der Waals surface area (Å²) in [4.78, 5) is 34.6. The second-order valence-electron chi connectivity index (χ2n) is 4.86. The Labute approximate surface area is 120 Å². The topological polar surface area (TPSA) is 113 Å². The van der Waals surface area contributed by atoms with Gasteiger partial charge in [-0.3, -0.25) is 14.9 Å².